The van der Waals surface area contributed by atoms with Gasteiger partial charge >= 0.3 is 0 Å². The number of benzene rings is 1. The van der Waals surface area contributed by atoms with Crippen LogP contribution in [-0.2, 0) is 4.79 Å². The normalized spacial score (nSPS) is 12.3. The van der Waals surface area contributed by atoms with Gasteiger partial charge in [0, 0.05) is 25.6 Å². The topological polar surface area (TPSA) is 63.5 Å². The fourth-order valence-electron chi connectivity index (χ4n) is 1.83. The molecule has 1 unspecified atom stereocenters. The summed E-state index contributed by atoms with van der Waals surface area (Å²) in [6.07, 6.45) is 0.482. The van der Waals surface area contributed by atoms with E-state index in [0.29, 0.717) is 12.3 Å². The number of carbonyl (C=O) groups excluding carboxylic acids is 1. The molecule has 1 aromatic rings. The Balaban J connectivity index is 2.87. The van der Waals surface area contributed by atoms with Gasteiger partial charge in [0.25, 0.3) is 5.69 Å². The molecule has 1 atom stereocenters. The zero-order chi connectivity index (χ0) is 14.6. The van der Waals surface area contributed by atoms with Crippen LogP contribution in [0.3, 0.4) is 0 Å². The Morgan fingerprint density at radius 3 is 2.53 bits per heavy atom. The Hall–Kier alpha value is -1.91. The van der Waals surface area contributed by atoms with Gasteiger partial charge in [0.2, 0.25) is 5.91 Å². The maximum atomic E-state index is 12.0. The molecule has 0 saturated heterocycles. The second kappa shape index (κ2) is 6.31. The van der Waals surface area contributed by atoms with Gasteiger partial charge in [0.15, 0.2) is 0 Å². The van der Waals surface area contributed by atoms with Crippen molar-refractivity contribution in [3.8, 4) is 0 Å². The lowest BCUT2D eigenvalue weighted by molar-refractivity contribution is -0.384. The van der Waals surface area contributed by atoms with E-state index in [0.717, 1.165) is 5.56 Å². The van der Waals surface area contributed by atoms with Crippen LogP contribution < -0.4 is 0 Å². The van der Waals surface area contributed by atoms with Gasteiger partial charge in [-0.3, -0.25) is 14.9 Å². The first-order chi connectivity index (χ1) is 8.82. The molecule has 0 spiro atoms. The quantitative estimate of drug-likeness (QED) is 0.606. The predicted molar refractivity (Wildman–Crippen MR) is 73.7 cm³/mol. The maximum Gasteiger partial charge on any atom is 0.269 e. The zero-order valence-corrected chi connectivity index (χ0v) is 11.8. The fraction of sp³-hybridized carbons (Fsp3) is 0.500. The van der Waals surface area contributed by atoms with Gasteiger partial charge in [0.05, 0.1) is 11.0 Å². The maximum absolute atomic E-state index is 12.0. The summed E-state index contributed by atoms with van der Waals surface area (Å²) in [5, 5.41) is 10.7. The molecule has 19 heavy (non-hydrogen) atoms. The average Bonchev–Trinajstić information content (AvgIpc) is 2.36. The van der Waals surface area contributed by atoms with E-state index < -0.39 is 4.92 Å². The van der Waals surface area contributed by atoms with Crippen molar-refractivity contribution in [2.45, 2.75) is 33.2 Å². The molecular formula is C14H20N2O3. The van der Waals surface area contributed by atoms with E-state index in [9.17, 15) is 14.9 Å². The number of carbonyl (C=O) groups is 1. The van der Waals surface area contributed by atoms with E-state index >= 15 is 0 Å². The minimum atomic E-state index is -0.424. The first-order valence-corrected chi connectivity index (χ1v) is 6.33. The van der Waals surface area contributed by atoms with Crippen molar-refractivity contribution in [3.63, 3.8) is 0 Å². The van der Waals surface area contributed by atoms with Gasteiger partial charge in [-0.1, -0.05) is 26.0 Å². The number of hydrogen-bond acceptors (Lipinski definition) is 3. The van der Waals surface area contributed by atoms with Crippen molar-refractivity contribution in [1.82, 2.24) is 4.90 Å². The summed E-state index contributed by atoms with van der Waals surface area (Å²) in [5.74, 6) is 0.348. The largest absolute Gasteiger partial charge is 0.339 e. The highest BCUT2D eigenvalue weighted by Crippen LogP contribution is 2.23. The van der Waals surface area contributed by atoms with Crippen LogP contribution in [0, 0.1) is 16.0 Å². The van der Waals surface area contributed by atoms with Gasteiger partial charge < -0.3 is 4.90 Å². The van der Waals surface area contributed by atoms with E-state index in [4.69, 9.17) is 0 Å². The standard InChI is InChI=1S/C14H20N2O3/c1-10(2)8-14(17)15(4)11(3)12-6-5-7-13(9-12)16(18)19/h5-7,9-11H,8H2,1-4H3. The number of amides is 1. The van der Waals surface area contributed by atoms with Crippen LogP contribution in [0.2, 0.25) is 0 Å². The Morgan fingerprint density at radius 1 is 1.37 bits per heavy atom. The second-order valence-corrected chi connectivity index (χ2v) is 5.13. The molecule has 104 valence electrons. The van der Waals surface area contributed by atoms with Crippen molar-refractivity contribution in [1.29, 1.82) is 0 Å². The van der Waals surface area contributed by atoms with Crippen LogP contribution >= 0.6 is 0 Å². The lowest BCUT2D eigenvalue weighted by Gasteiger charge is -2.26. The zero-order valence-electron chi connectivity index (χ0n) is 11.8. The van der Waals surface area contributed by atoms with Crippen LogP contribution in [-0.4, -0.2) is 22.8 Å². The van der Waals surface area contributed by atoms with Crippen molar-refractivity contribution in [2.24, 2.45) is 5.92 Å². The van der Waals surface area contributed by atoms with E-state index in [1.807, 2.05) is 20.8 Å². The SMILES string of the molecule is CC(C)CC(=O)N(C)C(C)c1cccc([N+](=O)[O-])c1. The third kappa shape index (κ3) is 4.05. The van der Waals surface area contributed by atoms with Crippen molar-refractivity contribution in [2.75, 3.05) is 7.05 Å². The molecule has 1 rings (SSSR count). The van der Waals surface area contributed by atoms with Gasteiger partial charge in [-0.25, -0.2) is 0 Å². The van der Waals surface area contributed by atoms with Gasteiger partial charge in [-0.15, -0.1) is 0 Å². The molecule has 0 aliphatic rings. The monoisotopic (exact) mass is 264 g/mol. The van der Waals surface area contributed by atoms with Crippen molar-refractivity contribution < 1.29 is 9.72 Å². The highest BCUT2D eigenvalue weighted by Gasteiger charge is 2.19. The van der Waals surface area contributed by atoms with Crippen LogP contribution in [0.5, 0.6) is 0 Å². The number of nitro benzene ring substituents is 1. The number of nitro groups is 1. The Kier molecular flexibility index (Phi) is 5.03. The molecule has 1 aromatic carbocycles. The van der Waals surface area contributed by atoms with Crippen molar-refractivity contribution >= 4 is 11.6 Å². The van der Waals surface area contributed by atoms with E-state index in [1.54, 1.807) is 24.1 Å². The summed E-state index contributed by atoms with van der Waals surface area (Å²) in [6, 6.07) is 6.24. The lowest BCUT2D eigenvalue weighted by Crippen LogP contribution is -2.30. The van der Waals surface area contributed by atoms with Gasteiger partial charge in [-0.2, -0.15) is 0 Å². The van der Waals surface area contributed by atoms with Crippen LogP contribution in [0.4, 0.5) is 5.69 Å². The molecule has 0 fully saturated rings. The summed E-state index contributed by atoms with van der Waals surface area (Å²) in [7, 11) is 1.73. The molecule has 0 aliphatic carbocycles. The Morgan fingerprint density at radius 2 is 2.00 bits per heavy atom. The summed E-state index contributed by atoms with van der Waals surface area (Å²) >= 11 is 0. The number of rotatable bonds is 5. The summed E-state index contributed by atoms with van der Waals surface area (Å²) in [6.45, 7) is 5.85. The van der Waals surface area contributed by atoms with E-state index in [1.165, 1.54) is 12.1 Å². The van der Waals surface area contributed by atoms with Gasteiger partial charge in [0.1, 0.15) is 0 Å². The molecule has 1 amide bonds. The molecule has 5 heteroatoms. The summed E-state index contributed by atoms with van der Waals surface area (Å²) in [5.41, 5.74) is 0.822. The fourth-order valence-corrected chi connectivity index (χ4v) is 1.83. The highest BCUT2D eigenvalue weighted by molar-refractivity contribution is 5.76. The number of hydrogen-bond donors (Lipinski definition) is 0. The molecular weight excluding hydrogens is 244 g/mol. The molecule has 0 radical (unpaired) electrons. The summed E-state index contributed by atoms with van der Waals surface area (Å²) < 4.78 is 0. The molecule has 0 heterocycles. The van der Waals surface area contributed by atoms with Crippen molar-refractivity contribution in [3.05, 3.63) is 39.9 Å². The number of non-ortho nitro benzene ring substituents is 1. The second-order valence-electron chi connectivity index (χ2n) is 5.13. The van der Waals surface area contributed by atoms with E-state index in [2.05, 4.69) is 0 Å². The molecule has 0 bridgehead atoms. The van der Waals surface area contributed by atoms with Crippen LogP contribution in [0.25, 0.3) is 0 Å². The molecule has 0 aliphatic heterocycles. The first-order valence-electron chi connectivity index (χ1n) is 6.33. The predicted octanol–water partition coefficient (Wildman–Crippen LogP) is 3.16. The lowest BCUT2D eigenvalue weighted by atomic mass is 10.0. The molecule has 0 aromatic heterocycles. The van der Waals surface area contributed by atoms with Gasteiger partial charge in [-0.05, 0) is 18.4 Å². The summed E-state index contributed by atoms with van der Waals surface area (Å²) in [4.78, 5) is 23.9. The Bertz CT molecular complexity index is 472. The minimum Gasteiger partial charge on any atom is -0.339 e. The van der Waals surface area contributed by atoms with Crippen LogP contribution in [0.15, 0.2) is 24.3 Å². The average molecular weight is 264 g/mol. The minimum absolute atomic E-state index is 0.0500. The smallest absolute Gasteiger partial charge is 0.269 e. The molecule has 0 saturated carbocycles. The highest BCUT2D eigenvalue weighted by atomic mass is 16.6. The first kappa shape index (κ1) is 15.1. The van der Waals surface area contributed by atoms with E-state index in [-0.39, 0.29) is 17.6 Å². The third-order valence-corrected chi connectivity index (χ3v) is 3.12. The van der Waals surface area contributed by atoms with Crippen LogP contribution in [0.1, 0.15) is 38.8 Å². The molecule has 0 N–H and O–H groups in total. The number of nitrogens with zero attached hydrogens (tertiary/aromatic N) is 2. The molecule has 5 nitrogen and oxygen atoms in total. The third-order valence-electron chi connectivity index (χ3n) is 3.12. The Labute approximate surface area is 113 Å².